The molecule has 0 aliphatic heterocycles. The van der Waals surface area contributed by atoms with Crippen LogP contribution in [0.25, 0.3) is 21.1 Å². The van der Waals surface area contributed by atoms with E-state index in [4.69, 9.17) is 0 Å². The molecule has 0 aliphatic rings. The number of para-hydroxylation sites is 2. The molecule has 25 heavy (non-hydrogen) atoms. The monoisotopic (exact) mass is 347 g/mol. The molecule has 2 aromatic heterocycles. The Morgan fingerprint density at radius 1 is 1.08 bits per heavy atom. The Morgan fingerprint density at radius 3 is 2.80 bits per heavy atom. The summed E-state index contributed by atoms with van der Waals surface area (Å²) in [7, 11) is 1.83. The van der Waals surface area contributed by atoms with Crippen LogP contribution in [0, 0.1) is 0 Å². The first-order chi connectivity index (χ1) is 12.2. The van der Waals surface area contributed by atoms with E-state index in [1.807, 2.05) is 55.6 Å². The minimum atomic E-state index is 0.0670. The number of carbonyl (C=O) groups excluding carboxylic acids is 1. The molecule has 0 N–H and O–H groups in total. The van der Waals surface area contributed by atoms with Gasteiger partial charge in [-0.25, -0.2) is 4.98 Å². The molecule has 124 valence electrons. The SMILES string of the molecule is CN(Cc1nc2ccccc2s1)C(=O)Cc1cccc2cccnc12. The van der Waals surface area contributed by atoms with Gasteiger partial charge in [0, 0.05) is 18.6 Å². The Hall–Kier alpha value is -2.79. The summed E-state index contributed by atoms with van der Waals surface area (Å²) < 4.78 is 1.15. The van der Waals surface area contributed by atoms with Gasteiger partial charge in [-0.2, -0.15) is 0 Å². The smallest absolute Gasteiger partial charge is 0.227 e. The number of pyridine rings is 1. The number of aromatic nitrogens is 2. The van der Waals surface area contributed by atoms with Crippen LogP contribution in [-0.4, -0.2) is 27.8 Å². The number of likely N-dealkylation sites (N-methyl/N-ethyl adjacent to an activating group) is 1. The fraction of sp³-hybridized carbons (Fsp3) is 0.150. The highest BCUT2D eigenvalue weighted by Gasteiger charge is 2.14. The van der Waals surface area contributed by atoms with E-state index in [0.717, 1.165) is 31.7 Å². The zero-order chi connectivity index (χ0) is 17.2. The standard InChI is InChI=1S/C20H17N3OS/c1-23(13-18-22-16-9-2-3-10-17(16)25-18)19(24)12-15-7-4-6-14-8-5-11-21-20(14)15/h2-11H,12-13H2,1H3. The van der Waals surface area contributed by atoms with E-state index in [-0.39, 0.29) is 5.91 Å². The van der Waals surface area contributed by atoms with Crippen LogP contribution in [0.3, 0.4) is 0 Å². The molecule has 0 unspecified atom stereocenters. The van der Waals surface area contributed by atoms with Crippen LogP contribution in [-0.2, 0) is 17.8 Å². The maximum atomic E-state index is 12.7. The normalized spacial score (nSPS) is 11.1. The molecule has 0 aliphatic carbocycles. The van der Waals surface area contributed by atoms with Crippen molar-refractivity contribution in [1.82, 2.24) is 14.9 Å². The first kappa shape index (κ1) is 15.7. The van der Waals surface area contributed by atoms with Crippen molar-refractivity contribution in [2.24, 2.45) is 0 Å². The average Bonchev–Trinajstić information content (AvgIpc) is 3.04. The summed E-state index contributed by atoms with van der Waals surface area (Å²) in [6.45, 7) is 0.524. The highest BCUT2D eigenvalue weighted by molar-refractivity contribution is 7.18. The summed E-state index contributed by atoms with van der Waals surface area (Å²) >= 11 is 1.63. The molecule has 2 aromatic carbocycles. The van der Waals surface area contributed by atoms with Crippen LogP contribution in [0.1, 0.15) is 10.6 Å². The van der Waals surface area contributed by atoms with Gasteiger partial charge in [0.25, 0.3) is 0 Å². The van der Waals surface area contributed by atoms with Gasteiger partial charge in [0.2, 0.25) is 5.91 Å². The molecule has 1 amide bonds. The van der Waals surface area contributed by atoms with Gasteiger partial charge < -0.3 is 4.90 Å². The van der Waals surface area contributed by atoms with E-state index in [1.54, 1.807) is 22.4 Å². The number of benzene rings is 2. The fourth-order valence-electron chi connectivity index (χ4n) is 2.89. The van der Waals surface area contributed by atoms with E-state index >= 15 is 0 Å². The summed E-state index contributed by atoms with van der Waals surface area (Å²) in [4.78, 5) is 23.4. The van der Waals surface area contributed by atoms with Crippen molar-refractivity contribution in [1.29, 1.82) is 0 Å². The second-order valence-corrected chi connectivity index (χ2v) is 7.11. The van der Waals surface area contributed by atoms with Crippen LogP contribution in [0.4, 0.5) is 0 Å². The number of thiazole rings is 1. The minimum Gasteiger partial charge on any atom is -0.339 e. The third-order valence-electron chi connectivity index (χ3n) is 4.19. The lowest BCUT2D eigenvalue weighted by molar-refractivity contribution is -0.129. The second-order valence-electron chi connectivity index (χ2n) is 5.99. The molecule has 0 saturated heterocycles. The molecule has 2 heterocycles. The highest BCUT2D eigenvalue weighted by atomic mass is 32.1. The molecule has 4 rings (SSSR count). The van der Waals surface area contributed by atoms with Gasteiger partial charge in [0.05, 0.1) is 28.7 Å². The van der Waals surface area contributed by atoms with Crippen LogP contribution in [0.5, 0.6) is 0 Å². The molecule has 0 radical (unpaired) electrons. The Labute approximate surface area is 149 Å². The zero-order valence-corrected chi connectivity index (χ0v) is 14.7. The van der Waals surface area contributed by atoms with Crippen molar-refractivity contribution in [2.45, 2.75) is 13.0 Å². The van der Waals surface area contributed by atoms with Crippen molar-refractivity contribution >= 4 is 38.4 Å². The Bertz CT molecular complexity index is 1020. The van der Waals surface area contributed by atoms with Crippen LogP contribution >= 0.6 is 11.3 Å². The van der Waals surface area contributed by atoms with Crippen molar-refractivity contribution < 1.29 is 4.79 Å². The van der Waals surface area contributed by atoms with Gasteiger partial charge in [0.1, 0.15) is 5.01 Å². The number of hydrogen-bond donors (Lipinski definition) is 0. The molecular weight excluding hydrogens is 330 g/mol. The van der Waals surface area contributed by atoms with E-state index in [2.05, 4.69) is 16.0 Å². The Kier molecular flexibility index (Phi) is 4.15. The summed E-state index contributed by atoms with van der Waals surface area (Å²) in [5, 5.41) is 2.01. The first-order valence-electron chi connectivity index (χ1n) is 8.12. The minimum absolute atomic E-state index is 0.0670. The Morgan fingerprint density at radius 2 is 1.92 bits per heavy atom. The molecule has 0 bridgehead atoms. The number of amides is 1. The van der Waals surface area contributed by atoms with Crippen molar-refractivity contribution in [3.05, 3.63) is 71.4 Å². The highest BCUT2D eigenvalue weighted by Crippen LogP contribution is 2.23. The summed E-state index contributed by atoms with van der Waals surface area (Å²) in [6, 6.07) is 17.9. The third kappa shape index (κ3) is 3.23. The van der Waals surface area contributed by atoms with Crippen molar-refractivity contribution in [3.8, 4) is 0 Å². The van der Waals surface area contributed by atoms with Gasteiger partial charge in [-0.1, -0.05) is 36.4 Å². The molecule has 0 spiro atoms. The molecule has 0 saturated carbocycles. The molecule has 4 nitrogen and oxygen atoms in total. The average molecular weight is 347 g/mol. The molecular formula is C20H17N3OS. The van der Waals surface area contributed by atoms with Gasteiger partial charge in [-0.15, -0.1) is 11.3 Å². The van der Waals surface area contributed by atoms with Gasteiger partial charge >= 0.3 is 0 Å². The number of carbonyl (C=O) groups is 1. The topological polar surface area (TPSA) is 46.1 Å². The maximum absolute atomic E-state index is 12.7. The van der Waals surface area contributed by atoms with Crippen molar-refractivity contribution in [3.63, 3.8) is 0 Å². The maximum Gasteiger partial charge on any atom is 0.227 e. The predicted molar refractivity (Wildman–Crippen MR) is 102 cm³/mol. The fourth-order valence-corrected chi connectivity index (χ4v) is 3.91. The lowest BCUT2D eigenvalue weighted by atomic mass is 10.1. The number of nitrogens with zero attached hydrogens (tertiary/aromatic N) is 3. The van der Waals surface area contributed by atoms with Gasteiger partial charge in [-0.3, -0.25) is 9.78 Å². The van der Waals surface area contributed by atoms with Crippen molar-refractivity contribution in [2.75, 3.05) is 7.05 Å². The zero-order valence-electron chi connectivity index (χ0n) is 13.8. The molecule has 0 atom stereocenters. The predicted octanol–water partition coefficient (Wildman–Crippen LogP) is 4.05. The quantitative estimate of drug-likeness (QED) is 0.559. The number of fused-ring (bicyclic) bond motifs is 2. The largest absolute Gasteiger partial charge is 0.339 e. The van der Waals surface area contributed by atoms with E-state index in [9.17, 15) is 4.79 Å². The van der Waals surface area contributed by atoms with E-state index in [1.165, 1.54) is 0 Å². The van der Waals surface area contributed by atoms with Crippen LogP contribution in [0.2, 0.25) is 0 Å². The summed E-state index contributed by atoms with van der Waals surface area (Å²) in [5.41, 5.74) is 2.84. The van der Waals surface area contributed by atoms with Gasteiger partial charge in [0.15, 0.2) is 0 Å². The van der Waals surface area contributed by atoms with E-state index in [0.29, 0.717) is 13.0 Å². The Balaban J connectivity index is 1.52. The summed E-state index contributed by atoms with van der Waals surface area (Å²) in [6.07, 6.45) is 2.11. The number of rotatable bonds is 4. The molecule has 4 aromatic rings. The second kappa shape index (κ2) is 6.61. The summed E-state index contributed by atoms with van der Waals surface area (Å²) in [5.74, 6) is 0.0670. The first-order valence-corrected chi connectivity index (χ1v) is 8.93. The van der Waals surface area contributed by atoms with Crippen LogP contribution < -0.4 is 0 Å². The lowest BCUT2D eigenvalue weighted by Crippen LogP contribution is -2.27. The number of hydrogen-bond acceptors (Lipinski definition) is 4. The lowest BCUT2D eigenvalue weighted by Gasteiger charge is -2.16. The molecule has 5 heteroatoms. The third-order valence-corrected chi connectivity index (χ3v) is 5.22. The van der Waals surface area contributed by atoms with Gasteiger partial charge in [-0.05, 0) is 23.8 Å². The van der Waals surface area contributed by atoms with E-state index < -0.39 is 0 Å². The molecule has 0 fully saturated rings. The van der Waals surface area contributed by atoms with Crippen LogP contribution in [0.15, 0.2) is 60.8 Å².